The minimum Gasteiger partial charge on any atom is -0.493 e. The molecule has 0 saturated carbocycles. The van der Waals surface area contributed by atoms with E-state index in [-0.39, 0.29) is 47.7 Å². The number of benzene rings is 2. The molecule has 1 heterocycles. The van der Waals surface area contributed by atoms with Crippen molar-refractivity contribution in [2.45, 2.75) is 26.2 Å². The molecule has 0 spiro atoms. The fourth-order valence-corrected chi connectivity index (χ4v) is 3.53. The van der Waals surface area contributed by atoms with Gasteiger partial charge in [0, 0.05) is 47.4 Å². The van der Waals surface area contributed by atoms with Gasteiger partial charge in [-0.25, -0.2) is 0 Å². The number of hydrogen-bond donors (Lipinski definition) is 1. The molecule has 1 saturated heterocycles. The van der Waals surface area contributed by atoms with Crippen LogP contribution in [-0.2, 0) is 11.2 Å². The summed E-state index contributed by atoms with van der Waals surface area (Å²) in [4.78, 5) is 16.7. The third-order valence-corrected chi connectivity index (χ3v) is 5.22. The van der Waals surface area contributed by atoms with Gasteiger partial charge in [-0.15, -0.1) is 0 Å². The molecule has 0 bridgehead atoms. The summed E-state index contributed by atoms with van der Waals surface area (Å²) in [7, 11) is 1.44. The van der Waals surface area contributed by atoms with Crippen molar-refractivity contribution in [2.24, 2.45) is 0 Å². The number of aryl methyl sites for hydroxylation is 2. The van der Waals surface area contributed by atoms with Crippen LogP contribution in [0.15, 0.2) is 42.5 Å². The number of ether oxygens (including phenoxy) is 2. The van der Waals surface area contributed by atoms with E-state index in [2.05, 4.69) is 0 Å². The lowest BCUT2D eigenvalue weighted by molar-refractivity contribution is -0.120. The normalized spacial score (nSPS) is 21.2. The van der Waals surface area contributed by atoms with Gasteiger partial charge in [0.25, 0.3) is 0 Å². The highest BCUT2D eigenvalue weighted by atomic mass is 16.5. The molecule has 31 heavy (non-hydrogen) atoms. The van der Waals surface area contributed by atoms with Crippen molar-refractivity contribution in [3.05, 3.63) is 59.2 Å². The van der Waals surface area contributed by atoms with Crippen molar-refractivity contribution >= 4 is 5.78 Å². The van der Waals surface area contributed by atoms with Crippen LogP contribution in [0.2, 0.25) is 0 Å². The molecule has 168 valence electrons. The van der Waals surface area contributed by atoms with E-state index in [0.29, 0.717) is 31.9 Å². The van der Waals surface area contributed by atoms with Crippen molar-refractivity contribution in [2.75, 3.05) is 52.9 Å². The smallest absolute Gasteiger partial charge is 0.161 e. The minimum atomic E-state index is -2.55. The summed E-state index contributed by atoms with van der Waals surface area (Å²) >= 11 is 0. The van der Waals surface area contributed by atoms with E-state index in [1.165, 1.54) is 25.3 Å². The number of aliphatic hydroxyl groups is 1. The highest BCUT2D eigenvalue weighted by Crippen LogP contribution is 2.25. The summed E-state index contributed by atoms with van der Waals surface area (Å²) < 4.78 is 73.7. The molecule has 6 heteroatoms. The van der Waals surface area contributed by atoms with Crippen LogP contribution < -0.4 is 9.47 Å². The van der Waals surface area contributed by atoms with Gasteiger partial charge in [-0.3, -0.25) is 14.6 Å². The predicted molar refractivity (Wildman–Crippen MR) is 122 cm³/mol. The summed E-state index contributed by atoms with van der Waals surface area (Å²) in [6.07, 6.45) is -1.76. The Morgan fingerprint density at radius 2 is 1.71 bits per heavy atom. The number of nitrogens with zero attached hydrogens (tertiary/aromatic N) is 2. The summed E-state index contributed by atoms with van der Waals surface area (Å²) in [6, 6.07) is 10.6. The Bertz CT molecular complexity index is 1100. The van der Waals surface area contributed by atoms with E-state index in [4.69, 9.17) is 20.4 Å². The Hall–Kier alpha value is -2.41. The molecule has 1 aliphatic rings. The number of β-amino-alcohol motifs (C(OH)–C–C–N with tert-alkyl or cyclic N) is 1. The number of aliphatic hydroxyl groups excluding tert-OH is 1. The quantitative estimate of drug-likeness (QED) is 0.620. The molecule has 0 aromatic heterocycles. The third kappa shape index (κ3) is 6.79. The number of hydrogen-bond acceptors (Lipinski definition) is 6. The molecule has 3 rings (SSSR count). The van der Waals surface area contributed by atoms with Gasteiger partial charge in [0.15, 0.2) is 17.3 Å². The predicted octanol–water partition coefficient (Wildman–Crippen LogP) is 2.48. The van der Waals surface area contributed by atoms with Crippen molar-refractivity contribution < 1.29 is 30.3 Å². The van der Waals surface area contributed by atoms with Gasteiger partial charge >= 0.3 is 0 Å². The van der Waals surface area contributed by atoms with Gasteiger partial charge in [-0.05, 0) is 42.5 Å². The number of rotatable bonds is 10. The first kappa shape index (κ1) is 14.6. The number of piperazine rings is 1. The topological polar surface area (TPSA) is 62.2 Å². The molecular formula is C25H34N2O4. The molecule has 1 N–H and O–H groups in total. The van der Waals surface area contributed by atoms with Gasteiger partial charge < -0.3 is 14.6 Å². The van der Waals surface area contributed by atoms with Crippen LogP contribution >= 0.6 is 0 Å². The number of Topliss-reactive ketones (excluding diaryl/α,β-unsaturated/α-hetero) is 1. The molecular weight excluding hydrogens is 392 g/mol. The van der Waals surface area contributed by atoms with Gasteiger partial charge in [-0.1, -0.05) is 30.3 Å². The number of carbonyl (C=O) groups is 1. The summed E-state index contributed by atoms with van der Waals surface area (Å²) in [5, 5.41) is 10.6. The van der Waals surface area contributed by atoms with Crippen LogP contribution in [-0.4, -0.2) is 79.7 Å². The first-order chi connectivity index (χ1) is 18.1. The van der Waals surface area contributed by atoms with Crippen molar-refractivity contribution in [3.63, 3.8) is 0 Å². The Kier molecular flexibility index (Phi) is 5.32. The lowest BCUT2D eigenvalue weighted by atomic mass is 9.98. The first-order valence-corrected chi connectivity index (χ1v) is 10.2. The maximum Gasteiger partial charge on any atom is 0.161 e. The molecule has 6 nitrogen and oxygen atoms in total. The van der Waals surface area contributed by atoms with Crippen LogP contribution in [0.4, 0.5) is 0 Å². The molecule has 0 amide bonds. The monoisotopic (exact) mass is 434 g/mol. The van der Waals surface area contributed by atoms with Crippen molar-refractivity contribution in [1.29, 1.82) is 0 Å². The van der Waals surface area contributed by atoms with Crippen molar-refractivity contribution in [1.82, 2.24) is 9.80 Å². The van der Waals surface area contributed by atoms with Crippen LogP contribution in [0.25, 0.3) is 0 Å². The fraction of sp³-hybridized carbons (Fsp3) is 0.480. The van der Waals surface area contributed by atoms with Crippen molar-refractivity contribution in [3.8, 4) is 11.5 Å². The average molecular weight is 435 g/mol. The highest BCUT2D eigenvalue weighted by molar-refractivity contribution is 5.83. The van der Waals surface area contributed by atoms with E-state index in [1.54, 1.807) is 24.3 Å². The zero-order valence-electron chi connectivity index (χ0n) is 25.6. The average Bonchev–Trinajstić information content (AvgIpc) is 2.84. The largest absolute Gasteiger partial charge is 0.493 e. The molecule has 1 atom stereocenters. The maximum absolute atomic E-state index is 12.9. The van der Waals surface area contributed by atoms with Crippen LogP contribution in [0.5, 0.6) is 11.5 Å². The van der Waals surface area contributed by atoms with Crippen LogP contribution in [0.3, 0.4) is 0 Å². The van der Waals surface area contributed by atoms with Gasteiger partial charge in [0.05, 0.1) is 16.4 Å². The van der Waals surface area contributed by atoms with Gasteiger partial charge in [0.1, 0.15) is 12.7 Å². The van der Waals surface area contributed by atoms with Gasteiger partial charge in [-0.2, -0.15) is 0 Å². The maximum atomic E-state index is 12.9. The molecule has 2 aromatic carbocycles. The highest BCUT2D eigenvalue weighted by Gasteiger charge is 2.21. The number of carbonyl (C=O) groups excluding carboxylic acids is 1. The second-order valence-corrected chi connectivity index (χ2v) is 7.51. The van der Waals surface area contributed by atoms with Crippen LogP contribution in [0, 0.1) is 13.7 Å². The number of methoxy groups -OCH3 is 1. The zero-order valence-corrected chi connectivity index (χ0v) is 17.6. The van der Waals surface area contributed by atoms with E-state index in [9.17, 15) is 9.90 Å². The Labute approximate surface area is 196 Å². The van der Waals surface area contributed by atoms with Crippen LogP contribution in [0.1, 0.15) is 27.7 Å². The molecule has 1 fully saturated rings. The Morgan fingerprint density at radius 1 is 1.06 bits per heavy atom. The Balaban J connectivity index is 1.56. The second-order valence-electron chi connectivity index (χ2n) is 7.51. The summed E-state index contributed by atoms with van der Waals surface area (Å²) in [5.41, 5.74) is -0.234. The van der Waals surface area contributed by atoms with E-state index in [0.717, 1.165) is 0 Å². The molecule has 2 aromatic rings. The van der Waals surface area contributed by atoms with Gasteiger partial charge in [0.2, 0.25) is 0 Å². The summed E-state index contributed by atoms with van der Waals surface area (Å²) in [5.74, 6) is 0.223. The molecule has 1 unspecified atom stereocenters. The lowest BCUT2D eigenvalue weighted by Crippen LogP contribution is -2.50. The fourth-order valence-electron chi connectivity index (χ4n) is 3.53. The second kappa shape index (κ2) is 11.3. The zero-order chi connectivity index (χ0) is 29.0. The number of para-hydroxylation sites is 2. The SMILES string of the molecule is [2H]C([2H])([2H])c1cccc(C([2H])([2H])[2H])c1CC(=O)CN1CCN(CC(O)C([2H])([2H])Oc2ccccc2OC)CC1. The standard InChI is InChI=1S/C25H34N2O4/c1-19-7-6-8-20(2)23(19)15-21(28)16-26-11-13-27(14-12-26)17-22(29)18-31-25-10-5-4-9-24(25)30-3/h4-10,22,29H,11-18H2,1-3H3/i1D3,2D3,18D2. The number of ketones is 1. The summed E-state index contributed by atoms with van der Waals surface area (Å²) in [6.45, 7) is -5.61. The molecule has 1 aliphatic heterocycles. The van der Waals surface area contributed by atoms with E-state index < -0.39 is 26.4 Å². The minimum absolute atomic E-state index is 0.0117. The molecule has 0 radical (unpaired) electrons. The lowest BCUT2D eigenvalue weighted by Gasteiger charge is -2.35. The van der Waals surface area contributed by atoms with E-state index in [1.807, 2.05) is 9.80 Å². The molecule has 0 aliphatic carbocycles. The first-order valence-electron chi connectivity index (χ1n) is 14.2. The van der Waals surface area contributed by atoms with E-state index >= 15 is 0 Å². The third-order valence-electron chi connectivity index (χ3n) is 5.22. The Morgan fingerprint density at radius 3 is 2.35 bits per heavy atom.